The van der Waals surface area contributed by atoms with Crippen molar-refractivity contribution in [3.63, 3.8) is 0 Å². The number of hydrogen-bond donors (Lipinski definition) is 0. The molecule has 1 aromatic rings. The zero-order valence-electron chi connectivity index (χ0n) is 9.39. The lowest BCUT2D eigenvalue weighted by molar-refractivity contribution is -0.154. The molecule has 0 saturated carbocycles. The zero-order valence-corrected chi connectivity index (χ0v) is 10.2. The number of carbonyl (C=O) groups is 1. The second kappa shape index (κ2) is 5.77. The van der Waals surface area contributed by atoms with Crippen molar-refractivity contribution in [2.24, 2.45) is 0 Å². The molecule has 0 aliphatic carbocycles. The molecule has 0 aromatic heterocycles. The van der Waals surface area contributed by atoms with Gasteiger partial charge in [0.15, 0.2) is 5.75 Å². The van der Waals surface area contributed by atoms with Gasteiger partial charge in [0.25, 0.3) is 0 Å². The highest BCUT2D eigenvalue weighted by Gasteiger charge is 2.18. The summed E-state index contributed by atoms with van der Waals surface area (Å²) in [5.74, 6) is 0.419. The summed E-state index contributed by atoms with van der Waals surface area (Å²) in [4.78, 5) is 22.9. The largest absolute Gasteiger partial charge is 0.452 e. The molecule has 17 heavy (non-hydrogen) atoms. The van der Waals surface area contributed by atoms with Crippen LogP contribution in [0, 0.1) is 0 Å². The Hall–Kier alpha value is -1.42. The predicted molar refractivity (Wildman–Crippen MR) is 64.0 cm³/mol. The molecule has 1 amide bonds. The van der Waals surface area contributed by atoms with Gasteiger partial charge in [-0.3, -0.25) is 4.89 Å². The summed E-state index contributed by atoms with van der Waals surface area (Å²) >= 11 is 5.78. The highest BCUT2D eigenvalue weighted by atomic mass is 35.5. The summed E-state index contributed by atoms with van der Waals surface area (Å²) in [7, 11) is 0. The molecule has 5 heteroatoms. The molecule has 1 heterocycles. The van der Waals surface area contributed by atoms with E-state index >= 15 is 0 Å². The molecular weight excluding hydrogens is 242 g/mol. The zero-order chi connectivity index (χ0) is 12.1. The Kier molecular flexibility index (Phi) is 4.09. The molecule has 2 rings (SSSR count). The fraction of sp³-hybridized carbons (Fsp3) is 0.417. The highest BCUT2D eigenvalue weighted by molar-refractivity contribution is 6.30. The van der Waals surface area contributed by atoms with Crippen LogP contribution < -0.4 is 4.89 Å². The summed E-state index contributed by atoms with van der Waals surface area (Å²) in [6.45, 7) is 1.47. The highest BCUT2D eigenvalue weighted by Crippen LogP contribution is 2.18. The van der Waals surface area contributed by atoms with Gasteiger partial charge >= 0.3 is 6.09 Å². The molecule has 1 fully saturated rings. The van der Waals surface area contributed by atoms with Gasteiger partial charge in [0.05, 0.1) is 0 Å². The molecular formula is C12H14ClNO3. The van der Waals surface area contributed by atoms with Crippen molar-refractivity contribution in [1.82, 2.24) is 4.90 Å². The Morgan fingerprint density at radius 1 is 1.24 bits per heavy atom. The van der Waals surface area contributed by atoms with Crippen LogP contribution in [-0.4, -0.2) is 24.1 Å². The number of benzene rings is 1. The van der Waals surface area contributed by atoms with Gasteiger partial charge < -0.3 is 4.90 Å². The molecule has 92 valence electrons. The first kappa shape index (κ1) is 12.0. The molecule has 0 unspecified atom stereocenters. The summed E-state index contributed by atoms with van der Waals surface area (Å²) in [5.41, 5.74) is 0. The van der Waals surface area contributed by atoms with Crippen molar-refractivity contribution in [3.05, 3.63) is 29.3 Å². The molecule has 1 aliphatic rings. The molecule has 1 saturated heterocycles. The van der Waals surface area contributed by atoms with E-state index in [1.807, 2.05) is 0 Å². The predicted octanol–water partition coefficient (Wildman–Crippen LogP) is 3.26. The standard InChI is InChI=1S/C12H14ClNO3/c13-10-5-4-6-11(9-10)16-17-12(15)14-7-2-1-3-8-14/h4-6,9H,1-3,7-8H2. The van der Waals surface area contributed by atoms with Crippen LogP contribution in [0.15, 0.2) is 24.3 Å². The number of rotatable bonds is 2. The maximum Gasteiger partial charge on any atom is 0.452 e. The van der Waals surface area contributed by atoms with Crippen LogP contribution in [0.25, 0.3) is 0 Å². The first-order chi connectivity index (χ1) is 8.25. The van der Waals surface area contributed by atoms with Crippen molar-refractivity contribution >= 4 is 17.7 Å². The quantitative estimate of drug-likeness (QED) is 0.601. The van der Waals surface area contributed by atoms with E-state index < -0.39 is 6.09 Å². The summed E-state index contributed by atoms with van der Waals surface area (Å²) < 4.78 is 0. The van der Waals surface area contributed by atoms with Crippen LogP contribution in [-0.2, 0) is 4.89 Å². The Labute approximate surface area is 105 Å². The van der Waals surface area contributed by atoms with Crippen molar-refractivity contribution in [1.29, 1.82) is 0 Å². The van der Waals surface area contributed by atoms with Crippen LogP contribution >= 0.6 is 11.6 Å². The molecule has 0 spiro atoms. The van der Waals surface area contributed by atoms with Crippen LogP contribution in [0.4, 0.5) is 4.79 Å². The normalized spacial score (nSPS) is 15.5. The van der Waals surface area contributed by atoms with Crippen LogP contribution in [0.5, 0.6) is 5.75 Å². The minimum atomic E-state index is -0.440. The lowest BCUT2D eigenvalue weighted by Gasteiger charge is -2.24. The third-order valence-corrected chi connectivity index (χ3v) is 2.85. The monoisotopic (exact) mass is 255 g/mol. The van der Waals surface area contributed by atoms with E-state index in [4.69, 9.17) is 21.4 Å². The smallest absolute Gasteiger partial charge is 0.305 e. The van der Waals surface area contributed by atoms with E-state index in [-0.39, 0.29) is 0 Å². The third kappa shape index (κ3) is 3.53. The van der Waals surface area contributed by atoms with Crippen LogP contribution in [0.3, 0.4) is 0 Å². The van der Waals surface area contributed by atoms with Gasteiger partial charge in [-0.15, -0.1) is 0 Å². The summed E-state index contributed by atoms with van der Waals surface area (Å²) in [6.07, 6.45) is 2.77. The first-order valence-corrected chi connectivity index (χ1v) is 6.02. The number of nitrogens with zero attached hydrogens (tertiary/aromatic N) is 1. The first-order valence-electron chi connectivity index (χ1n) is 5.65. The van der Waals surface area contributed by atoms with Crippen LogP contribution in [0.2, 0.25) is 5.02 Å². The van der Waals surface area contributed by atoms with Gasteiger partial charge in [-0.25, -0.2) is 9.68 Å². The summed E-state index contributed by atoms with van der Waals surface area (Å²) in [5, 5.41) is 0.538. The Bertz CT molecular complexity index is 391. The molecule has 0 atom stereocenters. The fourth-order valence-electron chi connectivity index (χ4n) is 1.73. The second-order valence-corrected chi connectivity index (χ2v) is 4.37. The summed E-state index contributed by atoms with van der Waals surface area (Å²) in [6, 6.07) is 6.72. The topological polar surface area (TPSA) is 38.8 Å². The maximum atomic E-state index is 11.6. The van der Waals surface area contributed by atoms with Gasteiger partial charge in [0.2, 0.25) is 0 Å². The van der Waals surface area contributed by atoms with E-state index in [1.165, 1.54) is 6.42 Å². The molecule has 0 N–H and O–H groups in total. The number of carbonyl (C=O) groups excluding carboxylic acids is 1. The van der Waals surface area contributed by atoms with Crippen molar-refractivity contribution in [3.8, 4) is 5.75 Å². The van der Waals surface area contributed by atoms with Gasteiger partial charge in [0.1, 0.15) is 0 Å². The molecule has 1 aliphatic heterocycles. The van der Waals surface area contributed by atoms with E-state index in [0.29, 0.717) is 10.8 Å². The van der Waals surface area contributed by atoms with Gasteiger partial charge in [-0.05, 0) is 31.4 Å². The minimum absolute atomic E-state index is 0.419. The minimum Gasteiger partial charge on any atom is -0.305 e. The number of piperidine rings is 1. The maximum absolute atomic E-state index is 11.6. The Morgan fingerprint density at radius 3 is 2.71 bits per heavy atom. The van der Waals surface area contributed by atoms with E-state index in [2.05, 4.69) is 0 Å². The van der Waals surface area contributed by atoms with Gasteiger partial charge in [-0.2, -0.15) is 0 Å². The average Bonchev–Trinajstić information content (AvgIpc) is 2.37. The average molecular weight is 256 g/mol. The number of likely N-dealkylation sites (tertiary alicyclic amines) is 1. The van der Waals surface area contributed by atoms with Crippen molar-refractivity contribution in [2.45, 2.75) is 19.3 Å². The number of amides is 1. The number of hydrogen-bond acceptors (Lipinski definition) is 3. The van der Waals surface area contributed by atoms with E-state index in [0.717, 1.165) is 25.9 Å². The van der Waals surface area contributed by atoms with Crippen molar-refractivity contribution < 1.29 is 14.6 Å². The molecule has 4 nitrogen and oxygen atoms in total. The van der Waals surface area contributed by atoms with E-state index in [9.17, 15) is 4.79 Å². The van der Waals surface area contributed by atoms with Gasteiger partial charge in [0, 0.05) is 24.2 Å². The molecule has 1 aromatic carbocycles. The SMILES string of the molecule is O=C(OOc1cccc(Cl)c1)N1CCCCC1. The molecule has 0 radical (unpaired) electrons. The Morgan fingerprint density at radius 2 is 2.00 bits per heavy atom. The lowest BCUT2D eigenvalue weighted by Crippen LogP contribution is -2.36. The van der Waals surface area contributed by atoms with Gasteiger partial charge in [-0.1, -0.05) is 17.7 Å². The van der Waals surface area contributed by atoms with Crippen molar-refractivity contribution in [2.75, 3.05) is 13.1 Å². The third-order valence-electron chi connectivity index (χ3n) is 2.62. The van der Waals surface area contributed by atoms with E-state index in [1.54, 1.807) is 29.2 Å². The second-order valence-electron chi connectivity index (χ2n) is 3.94. The molecule has 0 bridgehead atoms. The lowest BCUT2D eigenvalue weighted by atomic mass is 10.1. The fourth-order valence-corrected chi connectivity index (χ4v) is 1.91. The van der Waals surface area contributed by atoms with Crippen LogP contribution in [0.1, 0.15) is 19.3 Å². The number of halogens is 1. The Balaban J connectivity index is 1.83.